The number of nitrogens with zero attached hydrogens (tertiary/aromatic N) is 1. The number of amides is 1. The number of nitrogens with two attached hydrogens (primary N) is 1. The van der Waals surface area contributed by atoms with Crippen molar-refractivity contribution in [3.05, 3.63) is 17.7 Å². The third kappa shape index (κ3) is 3.51. The third-order valence-electron chi connectivity index (χ3n) is 5.38. The fourth-order valence-electron chi connectivity index (χ4n) is 4.12. The number of benzene rings is 1. The van der Waals surface area contributed by atoms with Crippen molar-refractivity contribution in [3.63, 3.8) is 0 Å². The van der Waals surface area contributed by atoms with Crippen LogP contribution in [0.5, 0.6) is 17.2 Å². The van der Waals surface area contributed by atoms with E-state index in [1.54, 1.807) is 19.2 Å². The molecular weight excluding hydrogens is 344 g/mol. The minimum absolute atomic E-state index is 0. The Morgan fingerprint density at radius 1 is 1.08 bits per heavy atom. The Labute approximate surface area is 155 Å². The van der Waals surface area contributed by atoms with Crippen LogP contribution >= 0.6 is 12.4 Å². The molecule has 0 bridgehead atoms. The number of ether oxygens (including phenoxy) is 3. The van der Waals surface area contributed by atoms with Gasteiger partial charge in [-0.3, -0.25) is 4.79 Å². The molecule has 2 fully saturated rings. The molecule has 1 aromatic carbocycles. The molecule has 1 saturated heterocycles. The second kappa shape index (κ2) is 8.15. The summed E-state index contributed by atoms with van der Waals surface area (Å²) in [6.45, 7) is 1.50. The molecular formula is C18H27ClN2O4. The van der Waals surface area contributed by atoms with E-state index in [0.717, 1.165) is 32.4 Å². The van der Waals surface area contributed by atoms with E-state index < -0.39 is 0 Å². The van der Waals surface area contributed by atoms with Gasteiger partial charge in [0.05, 0.1) is 26.9 Å². The quantitative estimate of drug-likeness (QED) is 0.880. The highest BCUT2D eigenvalue weighted by atomic mass is 35.5. The number of hydrogen-bond acceptors (Lipinski definition) is 5. The molecule has 2 N–H and O–H groups in total. The van der Waals surface area contributed by atoms with Crippen molar-refractivity contribution in [2.45, 2.75) is 25.3 Å². The average molecular weight is 371 g/mol. The Kier molecular flexibility index (Phi) is 6.41. The van der Waals surface area contributed by atoms with Crippen LogP contribution in [0, 0.1) is 11.8 Å². The van der Waals surface area contributed by atoms with Crippen molar-refractivity contribution in [2.24, 2.45) is 17.6 Å². The first kappa shape index (κ1) is 19.7. The van der Waals surface area contributed by atoms with E-state index in [1.807, 2.05) is 4.90 Å². The van der Waals surface area contributed by atoms with E-state index in [2.05, 4.69) is 0 Å². The van der Waals surface area contributed by atoms with Crippen molar-refractivity contribution in [3.8, 4) is 17.2 Å². The summed E-state index contributed by atoms with van der Waals surface area (Å²) < 4.78 is 16.1. The van der Waals surface area contributed by atoms with Crippen molar-refractivity contribution >= 4 is 18.3 Å². The van der Waals surface area contributed by atoms with Crippen LogP contribution < -0.4 is 19.9 Å². The van der Waals surface area contributed by atoms with Gasteiger partial charge in [-0.15, -0.1) is 12.4 Å². The molecule has 1 aliphatic carbocycles. The van der Waals surface area contributed by atoms with Gasteiger partial charge in [-0.05, 0) is 36.8 Å². The SMILES string of the molecule is COc1ccc(C(=O)N2CC3CCCC(N)C3C2)c(OC)c1OC.Cl. The maximum atomic E-state index is 13.1. The van der Waals surface area contributed by atoms with Gasteiger partial charge in [-0.1, -0.05) is 6.42 Å². The molecule has 1 aliphatic heterocycles. The van der Waals surface area contributed by atoms with E-state index >= 15 is 0 Å². The lowest BCUT2D eigenvalue weighted by Crippen LogP contribution is -2.38. The summed E-state index contributed by atoms with van der Waals surface area (Å²) in [5.41, 5.74) is 6.76. The number of halogens is 1. The summed E-state index contributed by atoms with van der Waals surface area (Å²) in [7, 11) is 4.64. The van der Waals surface area contributed by atoms with E-state index in [-0.39, 0.29) is 24.4 Å². The van der Waals surface area contributed by atoms with Crippen LogP contribution in [-0.4, -0.2) is 51.3 Å². The van der Waals surface area contributed by atoms with Gasteiger partial charge in [0.1, 0.15) is 0 Å². The summed E-state index contributed by atoms with van der Waals surface area (Å²) in [5, 5.41) is 0. The van der Waals surface area contributed by atoms with Gasteiger partial charge in [0.25, 0.3) is 5.91 Å². The van der Waals surface area contributed by atoms with Crippen molar-refractivity contribution < 1.29 is 19.0 Å². The van der Waals surface area contributed by atoms with E-state index in [9.17, 15) is 4.79 Å². The fraction of sp³-hybridized carbons (Fsp3) is 0.611. The molecule has 140 valence electrons. The first-order chi connectivity index (χ1) is 11.6. The smallest absolute Gasteiger partial charge is 0.257 e. The molecule has 0 spiro atoms. The Balaban J connectivity index is 0.00000225. The Bertz CT molecular complexity index is 625. The van der Waals surface area contributed by atoms with E-state index in [1.165, 1.54) is 14.2 Å². The summed E-state index contributed by atoms with van der Waals surface area (Å²) in [5.74, 6) is 2.30. The van der Waals surface area contributed by atoms with Gasteiger partial charge in [0.2, 0.25) is 5.75 Å². The molecule has 1 aromatic rings. The first-order valence-electron chi connectivity index (χ1n) is 8.44. The van der Waals surface area contributed by atoms with Crippen molar-refractivity contribution in [1.82, 2.24) is 4.90 Å². The maximum absolute atomic E-state index is 13.1. The molecule has 0 aromatic heterocycles. The molecule has 25 heavy (non-hydrogen) atoms. The standard InChI is InChI=1S/C18H26N2O4.ClH/c1-22-15-8-7-12(16(23-2)17(15)24-3)18(21)20-9-11-5-4-6-14(19)13(11)10-20;/h7-8,11,13-14H,4-6,9-10,19H2,1-3H3;1H. The van der Waals surface area contributed by atoms with Crippen LogP contribution in [0.2, 0.25) is 0 Å². The van der Waals surface area contributed by atoms with Crippen molar-refractivity contribution in [1.29, 1.82) is 0 Å². The minimum atomic E-state index is -0.0330. The Hall–Kier alpha value is -1.66. The lowest BCUT2D eigenvalue weighted by Gasteiger charge is -2.29. The molecule has 3 atom stereocenters. The summed E-state index contributed by atoms with van der Waals surface area (Å²) in [4.78, 5) is 15.0. The number of likely N-dealkylation sites (tertiary alicyclic amines) is 1. The predicted octanol–water partition coefficient (Wildman–Crippen LogP) is 2.33. The molecule has 6 nitrogen and oxygen atoms in total. The van der Waals surface area contributed by atoms with Gasteiger partial charge >= 0.3 is 0 Å². The van der Waals surface area contributed by atoms with Crippen molar-refractivity contribution in [2.75, 3.05) is 34.4 Å². The monoisotopic (exact) mass is 370 g/mol. The first-order valence-corrected chi connectivity index (χ1v) is 8.44. The molecule has 7 heteroatoms. The largest absolute Gasteiger partial charge is 0.493 e. The highest BCUT2D eigenvalue weighted by Gasteiger charge is 2.41. The summed E-state index contributed by atoms with van der Waals surface area (Å²) >= 11 is 0. The number of methoxy groups -OCH3 is 3. The zero-order valence-electron chi connectivity index (χ0n) is 15.0. The van der Waals surface area contributed by atoms with Crippen LogP contribution in [0.1, 0.15) is 29.6 Å². The number of fused-ring (bicyclic) bond motifs is 1. The highest BCUT2D eigenvalue weighted by Crippen LogP contribution is 2.42. The maximum Gasteiger partial charge on any atom is 0.257 e. The summed E-state index contributed by atoms with van der Waals surface area (Å²) in [6.07, 6.45) is 3.37. The number of carbonyl (C=O) groups excluding carboxylic acids is 1. The van der Waals surface area contributed by atoms with E-state index in [4.69, 9.17) is 19.9 Å². The predicted molar refractivity (Wildman–Crippen MR) is 98.1 cm³/mol. The normalized spacial score (nSPS) is 25.0. The van der Waals surface area contributed by atoms with Crippen LogP contribution in [-0.2, 0) is 0 Å². The zero-order valence-corrected chi connectivity index (χ0v) is 15.8. The zero-order chi connectivity index (χ0) is 17.3. The lowest BCUT2D eigenvalue weighted by atomic mass is 9.78. The second-order valence-electron chi connectivity index (χ2n) is 6.61. The second-order valence-corrected chi connectivity index (χ2v) is 6.61. The molecule has 1 amide bonds. The molecule has 0 radical (unpaired) electrons. The molecule has 2 aliphatic rings. The lowest BCUT2D eigenvalue weighted by molar-refractivity contribution is 0.0779. The average Bonchev–Trinajstić information content (AvgIpc) is 3.05. The van der Waals surface area contributed by atoms with Crippen LogP contribution in [0.25, 0.3) is 0 Å². The minimum Gasteiger partial charge on any atom is -0.493 e. The Morgan fingerprint density at radius 3 is 2.40 bits per heavy atom. The van der Waals surface area contributed by atoms with Gasteiger partial charge in [-0.2, -0.15) is 0 Å². The fourth-order valence-corrected chi connectivity index (χ4v) is 4.12. The third-order valence-corrected chi connectivity index (χ3v) is 5.38. The molecule has 1 saturated carbocycles. The number of hydrogen-bond donors (Lipinski definition) is 1. The van der Waals surface area contributed by atoms with Crippen LogP contribution in [0.15, 0.2) is 12.1 Å². The van der Waals surface area contributed by atoms with Gasteiger partial charge in [0.15, 0.2) is 11.5 Å². The topological polar surface area (TPSA) is 74.0 Å². The Morgan fingerprint density at radius 2 is 1.80 bits per heavy atom. The molecule has 3 unspecified atom stereocenters. The van der Waals surface area contributed by atoms with Gasteiger partial charge < -0.3 is 24.8 Å². The molecule has 3 rings (SSSR count). The van der Waals surface area contributed by atoms with Gasteiger partial charge in [-0.25, -0.2) is 0 Å². The van der Waals surface area contributed by atoms with Crippen LogP contribution in [0.3, 0.4) is 0 Å². The number of rotatable bonds is 4. The van der Waals surface area contributed by atoms with Crippen LogP contribution in [0.4, 0.5) is 0 Å². The van der Waals surface area contributed by atoms with Gasteiger partial charge in [0, 0.05) is 19.1 Å². The molecule has 1 heterocycles. The number of carbonyl (C=O) groups is 1. The summed E-state index contributed by atoms with van der Waals surface area (Å²) in [6, 6.07) is 3.68. The van der Waals surface area contributed by atoms with E-state index in [0.29, 0.717) is 34.6 Å². The highest BCUT2D eigenvalue weighted by molar-refractivity contribution is 5.98.